The van der Waals surface area contributed by atoms with E-state index >= 15 is 0 Å². The van der Waals surface area contributed by atoms with Crippen LogP contribution in [0.5, 0.6) is 0 Å². The lowest BCUT2D eigenvalue weighted by Gasteiger charge is -2.47. The molecule has 0 unspecified atom stereocenters. The van der Waals surface area contributed by atoms with Gasteiger partial charge in [0.05, 0.1) is 10.9 Å². The summed E-state index contributed by atoms with van der Waals surface area (Å²) in [6.45, 7) is 25.3. The molecule has 0 fully saturated rings. The Bertz CT molecular complexity index is 3360. The third kappa shape index (κ3) is 3.47. The van der Waals surface area contributed by atoms with Crippen molar-refractivity contribution in [1.82, 2.24) is 9.13 Å². The fourth-order valence-corrected chi connectivity index (χ4v) is 14.6. The third-order valence-corrected chi connectivity index (χ3v) is 17.8. The quantitative estimate of drug-likeness (QED) is 0.136. The lowest BCUT2D eigenvalue weighted by molar-refractivity contribution is 0.333. The topological polar surface area (TPSA) is 9.86 Å². The van der Waals surface area contributed by atoms with Crippen LogP contribution in [-0.2, 0) is 27.1 Å². The first-order valence-electron chi connectivity index (χ1n) is 22.8. The zero-order valence-electron chi connectivity index (χ0n) is 37.0. The Labute approximate surface area is 354 Å². The summed E-state index contributed by atoms with van der Waals surface area (Å²) in [7, 11) is 0. The van der Waals surface area contributed by atoms with Gasteiger partial charge in [0.25, 0.3) is 6.71 Å². The van der Waals surface area contributed by atoms with E-state index in [-0.39, 0.29) is 28.4 Å². The van der Waals surface area contributed by atoms with Gasteiger partial charge in [-0.1, -0.05) is 140 Å². The predicted octanol–water partition coefficient (Wildman–Crippen LogP) is 11.9. The number of aromatic nitrogens is 2. The maximum Gasteiger partial charge on any atom is 0.252 e. The van der Waals surface area contributed by atoms with Gasteiger partial charge in [0.2, 0.25) is 0 Å². The molecule has 0 N–H and O–H groups in total. The molecule has 14 rings (SSSR count). The van der Waals surface area contributed by atoms with E-state index in [1.54, 1.807) is 33.0 Å². The van der Waals surface area contributed by atoms with Crippen LogP contribution in [0.4, 0.5) is 0 Å². The van der Waals surface area contributed by atoms with Crippen LogP contribution < -0.4 is 16.4 Å². The van der Waals surface area contributed by atoms with Crippen LogP contribution in [0.2, 0.25) is 0 Å². The minimum atomic E-state index is -0.474. The van der Waals surface area contributed by atoms with E-state index in [0.29, 0.717) is 0 Å². The predicted molar refractivity (Wildman–Crippen MR) is 253 cm³/mol. The van der Waals surface area contributed by atoms with Gasteiger partial charge in [-0.15, -0.1) is 0 Å². The molecule has 3 aliphatic heterocycles. The molecule has 2 aromatic heterocycles. The lowest BCUT2D eigenvalue weighted by atomic mass is 9.33. The van der Waals surface area contributed by atoms with Crippen molar-refractivity contribution in [2.45, 2.75) is 122 Å². The molecule has 8 aromatic rings. The van der Waals surface area contributed by atoms with Gasteiger partial charge in [0.1, 0.15) is 0 Å². The first-order valence-corrected chi connectivity index (χ1v) is 22.8. The minimum Gasteiger partial charge on any atom is -0.315 e. The first kappa shape index (κ1) is 34.4. The molecular formula is C57H53BN2. The number of para-hydroxylation sites is 1. The summed E-state index contributed by atoms with van der Waals surface area (Å²) in [5.41, 5.74) is 29.0. The molecule has 0 amide bonds. The van der Waals surface area contributed by atoms with Gasteiger partial charge in [-0.25, -0.2) is 0 Å². The van der Waals surface area contributed by atoms with Crippen LogP contribution >= 0.6 is 0 Å². The lowest BCUT2D eigenvalue weighted by Crippen LogP contribution is -2.61. The van der Waals surface area contributed by atoms with Crippen molar-refractivity contribution in [3.8, 4) is 22.5 Å². The summed E-state index contributed by atoms with van der Waals surface area (Å²) in [6, 6.07) is 36.8. The van der Waals surface area contributed by atoms with Crippen molar-refractivity contribution in [3.05, 3.63) is 147 Å². The molecule has 1 spiro atoms. The van der Waals surface area contributed by atoms with E-state index < -0.39 is 5.41 Å². The van der Waals surface area contributed by atoms with Gasteiger partial charge in [0.15, 0.2) is 0 Å². The summed E-state index contributed by atoms with van der Waals surface area (Å²) >= 11 is 0. The number of benzene rings is 6. The van der Waals surface area contributed by atoms with Crippen LogP contribution in [0, 0.1) is 13.8 Å². The Morgan fingerprint density at radius 1 is 0.483 bits per heavy atom. The van der Waals surface area contributed by atoms with E-state index in [4.69, 9.17) is 0 Å². The van der Waals surface area contributed by atoms with Crippen LogP contribution in [0.1, 0.15) is 137 Å². The molecule has 0 atom stereocenters. The molecule has 0 saturated carbocycles. The maximum atomic E-state index is 2.89. The third-order valence-electron chi connectivity index (χ3n) is 17.8. The Hall–Kier alpha value is -5.28. The van der Waals surface area contributed by atoms with Crippen molar-refractivity contribution in [2.24, 2.45) is 0 Å². The Balaban J connectivity index is 1.34. The number of hydrogen-bond donors (Lipinski definition) is 0. The number of fused-ring (bicyclic) bond motifs is 15. The average molecular weight is 777 g/mol. The second-order valence-electron chi connectivity index (χ2n) is 22.5. The molecule has 294 valence electrons. The standard InChI is InChI=1S/C57H53BN2/c1-30-31(2)59-43-23-22-37-51-48(43)58(41-21-15-18-32(30)49(41)59)42-29-39-47(56(9,10)27-25-54(39,5)6)45-44-46-38(53(3,4)24-26-55(46,7)8)28-40(50(44)60(51)52(42)45)57(37)35-19-13-11-16-33(35)34-17-12-14-20-36(34)57/h11-23,28-29H,24-27H2,1-10H3. The van der Waals surface area contributed by atoms with E-state index in [2.05, 4.69) is 169 Å². The molecule has 6 aliphatic rings. The first-order chi connectivity index (χ1) is 28.6. The van der Waals surface area contributed by atoms with Crippen molar-refractivity contribution in [3.63, 3.8) is 0 Å². The fraction of sp³-hybridized carbons (Fsp3) is 0.333. The normalized spacial score (nSPS) is 20.2. The number of aryl methyl sites for hydroxylation is 1. The Kier molecular flexibility index (Phi) is 5.79. The van der Waals surface area contributed by atoms with Crippen LogP contribution in [0.3, 0.4) is 0 Å². The fourth-order valence-electron chi connectivity index (χ4n) is 14.6. The van der Waals surface area contributed by atoms with Crippen molar-refractivity contribution in [1.29, 1.82) is 0 Å². The molecular weight excluding hydrogens is 723 g/mol. The average Bonchev–Trinajstić information content (AvgIpc) is 3.82. The van der Waals surface area contributed by atoms with Crippen LogP contribution in [0.25, 0.3) is 55.2 Å². The molecule has 0 bridgehead atoms. The SMILES string of the molecule is Cc1c(C)n2c3c(cccc13)B1c3c-2ccc2c3-n3c4c1cc1c(c4c4c5c(cc(c43)C23c2ccccc2-c2ccccc23)C(C)(C)CCC5(C)C)C(C)(C)CCC1(C)C. The van der Waals surface area contributed by atoms with Crippen molar-refractivity contribution < 1.29 is 0 Å². The van der Waals surface area contributed by atoms with Gasteiger partial charge in [-0.3, -0.25) is 0 Å². The highest BCUT2D eigenvalue weighted by Crippen LogP contribution is 2.65. The van der Waals surface area contributed by atoms with Crippen molar-refractivity contribution in [2.75, 3.05) is 0 Å². The van der Waals surface area contributed by atoms with Crippen molar-refractivity contribution >= 4 is 55.8 Å². The molecule has 3 aliphatic carbocycles. The van der Waals surface area contributed by atoms with E-state index in [1.165, 1.54) is 120 Å². The molecule has 0 saturated heterocycles. The van der Waals surface area contributed by atoms with Gasteiger partial charge < -0.3 is 9.13 Å². The molecule has 0 radical (unpaired) electrons. The van der Waals surface area contributed by atoms with Crippen LogP contribution in [-0.4, -0.2) is 15.8 Å². The van der Waals surface area contributed by atoms with E-state index in [1.807, 2.05) is 0 Å². The summed E-state index contributed by atoms with van der Waals surface area (Å²) in [5.74, 6) is 0. The summed E-state index contributed by atoms with van der Waals surface area (Å²) in [6.07, 6.45) is 4.76. The van der Waals surface area contributed by atoms with Gasteiger partial charge in [0, 0.05) is 44.3 Å². The highest BCUT2D eigenvalue weighted by Gasteiger charge is 2.57. The summed E-state index contributed by atoms with van der Waals surface area (Å²) in [5, 5.41) is 4.52. The monoisotopic (exact) mass is 776 g/mol. The number of rotatable bonds is 0. The minimum absolute atomic E-state index is 0.0172. The second-order valence-corrected chi connectivity index (χ2v) is 22.5. The highest BCUT2D eigenvalue weighted by atomic mass is 15.1. The Morgan fingerprint density at radius 3 is 1.72 bits per heavy atom. The summed E-state index contributed by atoms with van der Waals surface area (Å²) < 4.78 is 5.54. The number of nitrogens with zero attached hydrogens (tertiary/aromatic N) is 2. The second kappa shape index (κ2) is 10.1. The smallest absolute Gasteiger partial charge is 0.252 e. The van der Waals surface area contributed by atoms with Gasteiger partial charge in [-0.2, -0.15) is 0 Å². The van der Waals surface area contributed by atoms with E-state index in [9.17, 15) is 0 Å². The molecule has 60 heavy (non-hydrogen) atoms. The highest BCUT2D eigenvalue weighted by molar-refractivity contribution is 7.00. The zero-order valence-corrected chi connectivity index (χ0v) is 37.0. The van der Waals surface area contributed by atoms with Gasteiger partial charge in [-0.05, 0) is 145 Å². The molecule has 6 aromatic carbocycles. The number of hydrogen-bond acceptors (Lipinski definition) is 0. The molecule has 3 heteroatoms. The van der Waals surface area contributed by atoms with Crippen LogP contribution in [0.15, 0.2) is 91.0 Å². The molecule has 5 heterocycles. The maximum absolute atomic E-state index is 2.89. The van der Waals surface area contributed by atoms with Gasteiger partial charge >= 0.3 is 0 Å². The van der Waals surface area contributed by atoms with E-state index in [0.717, 1.165) is 0 Å². The zero-order chi connectivity index (χ0) is 40.9. The summed E-state index contributed by atoms with van der Waals surface area (Å²) in [4.78, 5) is 0. The molecule has 2 nitrogen and oxygen atoms in total. The Morgan fingerprint density at radius 2 is 1.07 bits per heavy atom. The largest absolute Gasteiger partial charge is 0.315 e.